The Labute approximate surface area is 139 Å². The van der Waals surface area contributed by atoms with Crippen LogP contribution in [-0.2, 0) is 4.79 Å². The van der Waals surface area contributed by atoms with E-state index < -0.39 is 0 Å². The summed E-state index contributed by atoms with van der Waals surface area (Å²) in [4.78, 5) is 20.9. The summed E-state index contributed by atoms with van der Waals surface area (Å²) in [6.45, 7) is 5.61. The number of anilines is 1. The molecule has 0 aromatic carbocycles. The Balaban J connectivity index is 2.09. The van der Waals surface area contributed by atoms with Gasteiger partial charge in [0.1, 0.15) is 6.04 Å². The van der Waals surface area contributed by atoms with Gasteiger partial charge >= 0.3 is 0 Å². The van der Waals surface area contributed by atoms with E-state index in [4.69, 9.17) is 0 Å². The van der Waals surface area contributed by atoms with E-state index >= 15 is 0 Å². The highest BCUT2D eigenvalue weighted by Crippen LogP contribution is 2.36. The Hall–Kier alpha value is -2.15. The lowest BCUT2D eigenvalue weighted by Crippen LogP contribution is -2.27. The first-order chi connectivity index (χ1) is 11.1. The molecule has 3 heterocycles. The van der Waals surface area contributed by atoms with Crippen molar-refractivity contribution < 1.29 is 4.79 Å². The minimum absolute atomic E-state index is 0.0211. The second-order valence-corrected chi connectivity index (χ2v) is 6.48. The lowest BCUT2D eigenvalue weighted by atomic mass is 9.94. The molecule has 1 atom stereocenters. The van der Waals surface area contributed by atoms with Crippen LogP contribution in [0.5, 0.6) is 0 Å². The minimum Gasteiger partial charge on any atom is -0.328 e. The number of hydrogen-bond acceptors (Lipinski definition) is 6. The summed E-state index contributed by atoms with van der Waals surface area (Å²) < 4.78 is 1.79. The number of nitrogens with one attached hydrogen (secondary N) is 1. The largest absolute Gasteiger partial charge is 0.328 e. The van der Waals surface area contributed by atoms with Crippen molar-refractivity contribution in [2.75, 3.05) is 11.1 Å². The number of fused-ring (bicyclic) bond motifs is 1. The standard InChI is InChI=1S/C16H19N5OS/c1-4-8-23-16-19-15-18-10(2)13(11(3)22)14(21(15)20-16)12-6-5-7-17-9-12/h5-7,9,14H,4,8H2,1-3H3,(H,18,19,20). The van der Waals surface area contributed by atoms with Gasteiger partial charge in [0.05, 0.1) is 0 Å². The van der Waals surface area contributed by atoms with E-state index in [1.165, 1.54) is 0 Å². The molecule has 1 N–H and O–H groups in total. The molecule has 1 aliphatic rings. The molecule has 0 bridgehead atoms. The van der Waals surface area contributed by atoms with Crippen molar-refractivity contribution in [2.45, 2.75) is 38.4 Å². The van der Waals surface area contributed by atoms with Crippen molar-refractivity contribution in [2.24, 2.45) is 0 Å². The lowest BCUT2D eigenvalue weighted by molar-refractivity contribution is -0.114. The molecule has 23 heavy (non-hydrogen) atoms. The summed E-state index contributed by atoms with van der Waals surface area (Å²) in [5.74, 6) is 1.65. The van der Waals surface area contributed by atoms with Crippen LogP contribution in [0, 0.1) is 0 Å². The topological polar surface area (TPSA) is 72.7 Å². The molecule has 1 unspecified atom stereocenters. The number of aromatic nitrogens is 4. The molecular weight excluding hydrogens is 310 g/mol. The van der Waals surface area contributed by atoms with Gasteiger partial charge in [-0.1, -0.05) is 24.8 Å². The number of rotatable bonds is 5. The van der Waals surface area contributed by atoms with Crippen LogP contribution in [-0.4, -0.2) is 31.3 Å². The van der Waals surface area contributed by atoms with Crippen LogP contribution < -0.4 is 5.32 Å². The molecule has 0 saturated carbocycles. The van der Waals surface area contributed by atoms with E-state index in [2.05, 4.69) is 27.3 Å². The third-order valence-corrected chi connectivity index (χ3v) is 4.69. The fraction of sp³-hybridized carbons (Fsp3) is 0.375. The fourth-order valence-corrected chi connectivity index (χ4v) is 3.37. The predicted octanol–water partition coefficient (Wildman–Crippen LogP) is 3.05. The zero-order valence-electron chi connectivity index (χ0n) is 13.4. The number of pyridine rings is 1. The summed E-state index contributed by atoms with van der Waals surface area (Å²) in [5.41, 5.74) is 2.44. The Morgan fingerprint density at radius 2 is 2.30 bits per heavy atom. The van der Waals surface area contributed by atoms with Gasteiger partial charge in [0.15, 0.2) is 5.78 Å². The highest BCUT2D eigenvalue weighted by atomic mass is 32.2. The number of nitrogens with zero attached hydrogens (tertiary/aromatic N) is 4. The Morgan fingerprint density at radius 3 is 2.96 bits per heavy atom. The molecule has 3 rings (SSSR count). The average Bonchev–Trinajstić information content (AvgIpc) is 2.94. The van der Waals surface area contributed by atoms with Crippen LogP contribution >= 0.6 is 11.8 Å². The van der Waals surface area contributed by atoms with E-state index in [1.807, 2.05) is 19.1 Å². The quantitative estimate of drug-likeness (QED) is 0.850. The van der Waals surface area contributed by atoms with Crippen LogP contribution in [0.25, 0.3) is 0 Å². The third-order valence-electron chi connectivity index (χ3n) is 3.65. The molecule has 7 heteroatoms. The first kappa shape index (κ1) is 15.7. The van der Waals surface area contributed by atoms with Crippen LogP contribution in [0.1, 0.15) is 38.8 Å². The summed E-state index contributed by atoms with van der Waals surface area (Å²) in [7, 11) is 0. The first-order valence-corrected chi connectivity index (χ1v) is 8.58. The van der Waals surface area contributed by atoms with Crippen molar-refractivity contribution in [1.82, 2.24) is 19.7 Å². The van der Waals surface area contributed by atoms with Crippen LogP contribution in [0.15, 0.2) is 41.0 Å². The number of allylic oxidation sites excluding steroid dienone is 2. The summed E-state index contributed by atoms with van der Waals surface area (Å²) in [5, 5.41) is 8.53. The second-order valence-electron chi connectivity index (χ2n) is 5.42. The molecule has 120 valence electrons. The van der Waals surface area contributed by atoms with E-state index in [9.17, 15) is 4.79 Å². The van der Waals surface area contributed by atoms with Crippen molar-refractivity contribution in [3.8, 4) is 0 Å². The van der Waals surface area contributed by atoms with Gasteiger partial charge in [0.2, 0.25) is 11.1 Å². The Morgan fingerprint density at radius 1 is 1.48 bits per heavy atom. The zero-order valence-corrected chi connectivity index (χ0v) is 14.2. The molecule has 2 aromatic heterocycles. The average molecular weight is 329 g/mol. The van der Waals surface area contributed by atoms with E-state index in [1.54, 1.807) is 35.8 Å². The fourth-order valence-electron chi connectivity index (χ4n) is 2.69. The molecule has 0 amide bonds. The maximum atomic E-state index is 12.2. The number of carbonyl (C=O) groups excluding carboxylic acids is 1. The van der Waals surface area contributed by atoms with Gasteiger partial charge < -0.3 is 5.32 Å². The Kier molecular flexibility index (Phi) is 4.47. The van der Waals surface area contributed by atoms with Crippen LogP contribution in [0.2, 0.25) is 0 Å². The van der Waals surface area contributed by atoms with Crippen molar-refractivity contribution >= 4 is 23.5 Å². The first-order valence-electron chi connectivity index (χ1n) is 7.59. The van der Waals surface area contributed by atoms with E-state index in [-0.39, 0.29) is 11.8 Å². The van der Waals surface area contributed by atoms with Gasteiger partial charge in [-0.05, 0) is 31.9 Å². The summed E-state index contributed by atoms with van der Waals surface area (Å²) in [6.07, 6.45) is 4.56. The summed E-state index contributed by atoms with van der Waals surface area (Å²) in [6, 6.07) is 3.54. The van der Waals surface area contributed by atoms with Crippen molar-refractivity contribution in [3.05, 3.63) is 41.4 Å². The smallest absolute Gasteiger partial charge is 0.227 e. The number of hydrogen-bond donors (Lipinski definition) is 1. The predicted molar refractivity (Wildman–Crippen MR) is 90.4 cm³/mol. The van der Waals surface area contributed by atoms with Gasteiger partial charge in [0.25, 0.3) is 0 Å². The molecule has 1 aliphatic heterocycles. The molecule has 6 nitrogen and oxygen atoms in total. The molecule has 2 aromatic rings. The molecule has 0 saturated heterocycles. The zero-order chi connectivity index (χ0) is 16.4. The van der Waals surface area contributed by atoms with Gasteiger partial charge in [-0.2, -0.15) is 4.98 Å². The van der Waals surface area contributed by atoms with Gasteiger partial charge in [-0.15, -0.1) is 5.10 Å². The maximum Gasteiger partial charge on any atom is 0.227 e. The SMILES string of the molecule is CCCSc1nc2n(n1)C(c1cccnc1)C(C(C)=O)=C(C)N2. The number of carbonyl (C=O) groups is 1. The third kappa shape index (κ3) is 3.01. The van der Waals surface area contributed by atoms with Gasteiger partial charge in [-0.25, -0.2) is 4.68 Å². The lowest BCUT2D eigenvalue weighted by Gasteiger charge is -2.27. The number of Topliss-reactive ketones (excluding diaryl/α,β-unsaturated/α-hetero) is 1. The van der Waals surface area contributed by atoms with Crippen LogP contribution in [0.4, 0.5) is 5.95 Å². The molecule has 0 radical (unpaired) electrons. The minimum atomic E-state index is -0.291. The molecular formula is C16H19N5OS. The van der Waals surface area contributed by atoms with Gasteiger partial charge in [0, 0.05) is 29.4 Å². The van der Waals surface area contributed by atoms with Crippen molar-refractivity contribution in [3.63, 3.8) is 0 Å². The molecule has 0 fully saturated rings. The number of thioether (sulfide) groups is 1. The van der Waals surface area contributed by atoms with E-state index in [0.29, 0.717) is 11.5 Å². The molecule has 0 spiro atoms. The highest BCUT2D eigenvalue weighted by Gasteiger charge is 2.32. The Bertz CT molecular complexity index is 753. The van der Waals surface area contributed by atoms with Crippen molar-refractivity contribution in [1.29, 1.82) is 0 Å². The molecule has 0 aliphatic carbocycles. The second kappa shape index (κ2) is 6.54. The normalized spacial score (nSPS) is 16.9. The van der Waals surface area contributed by atoms with Crippen LogP contribution in [0.3, 0.4) is 0 Å². The highest BCUT2D eigenvalue weighted by molar-refractivity contribution is 7.99. The monoisotopic (exact) mass is 329 g/mol. The number of ketones is 1. The summed E-state index contributed by atoms with van der Waals surface area (Å²) >= 11 is 1.62. The maximum absolute atomic E-state index is 12.2. The van der Waals surface area contributed by atoms with E-state index in [0.717, 1.165) is 28.6 Å². The van der Waals surface area contributed by atoms with Gasteiger partial charge in [-0.3, -0.25) is 9.78 Å².